The first kappa shape index (κ1) is 27.1. The van der Waals surface area contributed by atoms with E-state index in [2.05, 4.69) is 16.0 Å². The predicted molar refractivity (Wildman–Crippen MR) is 146 cm³/mol. The van der Waals surface area contributed by atoms with Gasteiger partial charge in [0.2, 0.25) is 17.7 Å². The van der Waals surface area contributed by atoms with E-state index in [1.807, 2.05) is 42.5 Å². The number of hydrogen-bond acceptors (Lipinski definition) is 5. The number of benzene rings is 2. The van der Waals surface area contributed by atoms with E-state index >= 15 is 0 Å². The molecule has 8 nitrogen and oxygen atoms in total. The van der Waals surface area contributed by atoms with Crippen LogP contribution in [0.4, 0.5) is 0 Å². The average molecular weight is 508 g/mol. The Hall–Kier alpha value is -2.97. The second-order valence-corrected chi connectivity index (χ2v) is 10.5. The van der Waals surface area contributed by atoms with Crippen molar-refractivity contribution < 1.29 is 14.4 Å². The number of carbonyl (C=O) groups excluding carboxylic acids is 3. The zero-order valence-corrected chi connectivity index (χ0v) is 21.7. The number of carbonyl (C=O) groups is 3. The molecule has 1 aliphatic carbocycles. The van der Waals surface area contributed by atoms with Crippen LogP contribution < -0.4 is 21.7 Å². The van der Waals surface area contributed by atoms with Crippen LogP contribution in [0, 0.1) is 5.92 Å². The van der Waals surface area contributed by atoms with Crippen LogP contribution in [-0.4, -0.2) is 67.4 Å². The van der Waals surface area contributed by atoms with Crippen molar-refractivity contribution in [2.45, 2.75) is 63.5 Å². The highest BCUT2D eigenvalue weighted by Gasteiger charge is 2.30. The lowest BCUT2D eigenvalue weighted by Gasteiger charge is -2.34. The van der Waals surface area contributed by atoms with Crippen molar-refractivity contribution >= 4 is 28.5 Å². The van der Waals surface area contributed by atoms with Crippen LogP contribution in [0.15, 0.2) is 42.5 Å². The van der Waals surface area contributed by atoms with Gasteiger partial charge in [0, 0.05) is 19.1 Å². The molecule has 1 saturated heterocycles. The van der Waals surface area contributed by atoms with Gasteiger partial charge in [0.05, 0.1) is 12.8 Å². The highest BCUT2D eigenvalue weighted by atomic mass is 16.2. The second-order valence-electron chi connectivity index (χ2n) is 10.5. The molecule has 2 fully saturated rings. The van der Waals surface area contributed by atoms with Crippen LogP contribution in [0.2, 0.25) is 0 Å². The lowest BCUT2D eigenvalue weighted by molar-refractivity contribution is -0.139. The largest absolute Gasteiger partial charge is 0.370 e. The van der Waals surface area contributed by atoms with E-state index in [4.69, 9.17) is 5.73 Å². The molecule has 1 heterocycles. The van der Waals surface area contributed by atoms with Crippen molar-refractivity contribution in [3.63, 3.8) is 0 Å². The predicted octanol–water partition coefficient (Wildman–Crippen LogP) is 2.10. The van der Waals surface area contributed by atoms with Gasteiger partial charge in [-0.1, -0.05) is 42.5 Å². The number of primary amides is 1. The summed E-state index contributed by atoms with van der Waals surface area (Å²) in [5.41, 5.74) is 6.31. The van der Waals surface area contributed by atoms with Crippen LogP contribution in [-0.2, 0) is 20.8 Å². The summed E-state index contributed by atoms with van der Waals surface area (Å²) in [5.74, 6) is -0.582. The smallest absolute Gasteiger partial charge is 0.245 e. The molecule has 1 saturated carbocycles. The molecular weight excluding hydrogens is 466 g/mol. The lowest BCUT2D eigenvalue weighted by Crippen LogP contribution is -2.52. The maximum Gasteiger partial charge on any atom is 0.245 e. The summed E-state index contributed by atoms with van der Waals surface area (Å²) in [6, 6.07) is 13.6. The average Bonchev–Trinajstić information content (AvgIpc) is 3.72. The van der Waals surface area contributed by atoms with E-state index in [0.29, 0.717) is 19.0 Å². The number of piperidine rings is 1. The fourth-order valence-corrected chi connectivity index (χ4v) is 5.12. The van der Waals surface area contributed by atoms with Crippen LogP contribution >= 0.6 is 0 Å². The molecule has 3 amide bonds. The molecule has 1 aliphatic heterocycles. The highest BCUT2D eigenvalue weighted by Crippen LogP contribution is 2.20. The maximum atomic E-state index is 13.2. The molecule has 8 heteroatoms. The van der Waals surface area contributed by atoms with Crippen LogP contribution in [0.25, 0.3) is 10.8 Å². The van der Waals surface area contributed by atoms with E-state index in [1.165, 1.54) is 25.7 Å². The van der Waals surface area contributed by atoms with Gasteiger partial charge in [0.1, 0.15) is 6.04 Å². The zero-order valence-electron chi connectivity index (χ0n) is 21.7. The van der Waals surface area contributed by atoms with Crippen molar-refractivity contribution in [1.29, 1.82) is 0 Å². The molecule has 2 aromatic carbocycles. The summed E-state index contributed by atoms with van der Waals surface area (Å²) in [6.07, 6.45) is 6.80. The number of amides is 3. The summed E-state index contributed by atoms with van der Waals surface area (Å²) in [7, 11) is 0. The Labute approximate surface area is 219 Å². The van der Waals surface area contributed by atoms with Crippen molar-refractivity contribution in [3.05, 3.63) is 48.0 Å². The summed E-state index contributed by atoms with van der Waals surface area (Å²) < 4.78 is 0. The number of likely N-dealkylation sites (tertiary alicyclic amines) is 1. The normalized spacial score (nSPS) is 17.0. The molecular formula is C29H41N5O3. The molecule has 1 atom stereocenters. The summed E-state index contributed by atoms with van der Waals surface area (Å²) >= 11 is 0. The van der Waals surface area contributed by atoms with Crippen molar-refractivity contribution in [1.82, 2.24) is 20.9 Å². The Balaban J connectivity index is 1.21. The first-order chi connectivity index (χ1) is 18.0. The van der Waals surface area contributed by atoms with Crippen LogP contribution in [0.1, 0.15) is 50.5 Å². The van der Waals surface area contributed by atoms with Gasteiger partial charge in [-0.2, -0.15) is 0 Å². The first-order valence-electron chi connectivity index (χ1n) is 13.8. The van der Waals surface area contributed by atoms with E-state index in [1.54, 1.807) is 4.90 Å². The molecule has 200 valence electrons. The summed E-state index contributed by atoms with van der Waals surface area (Å²) in [4.78, 5) is 39.6. The standard InChI is InChI=1S/C29H41N5O3/c30-27(35)19-26(33-28(36)18-23-8-5-7-22-6-1-2-9-25(22)23)29(37)34-16-12-21(13-17-34)20-31-14-3-4-15-32-24-10-11-24/h1-2,5-9,21,24,26,31-32H,3-4,10-20H2,(H2,30,35)(H,33,36)/t26-/m0/s1. The molecule has 0 unspecified atom stereocenters. The van der Waals surface area contributed by atoms with Gasteiger partial charge in [-0.05, 0) is 80.4 Å². The molecule has 2 aromatic rings. The fourth-order valence-electron chi connectivity index (χ4n) is 5.12. The number of fused-ring (bicyclic) bond motifs is 1. The molecule has 37 heavy (non-hydrogen) atoms. The quantitative estimate of drug-likeness (QED) is 0.292. The number of unbranched alkanes of at least 4 members (excludes halogenated alkanes) is 1. The number of nitrogens with zero attached hydrogens (tertiary/aromatic N) is 1. The Morgan fingerprint density at radius 1 is 0.946 bits per heavy atom. The highest BCUT2D eigenvalue weighted by molar-refractivity contribution is 5.94. The van der Waals surface area contributed by atoms with Crippen molar-refractivity contribution in [3.8, 4) is 0 Å². The van der Waals surface area contributed by atoms with Crippen molar-refractivity contribution in [2.24, 2.45) is 11.7 Å². The van der Waals surface area contributed by atoms with Gasteiger partial charge < -0.3 is 26.6 Å². The number of hydrogen-bond donors (Lipinski definition) is 4. The Morgan fingerprint density at radius 2 is 1.68 bits per heavy atom. The zero-order chi connectivity index (χ0) is 26.0. The Bertz CT molecular complexity index is 1060. The van der Waals surface area contributed by atoms with Crippen molar-refractivity contribution in [2.75, 3.05) is 32.7 Å². The molecule has 4 rings (SSSR count). The molecule has 0 aromatic heterocycles. The summed E-state index contributed by atoms with van der Waals surface area (Å²) in [6.45, 7) is 4.35. The summed E-state index contributed by atoms with van der Waals surface area (Å²) in [5, 5.41) is 12.0. The van der Waals surface area contributed by atoms with E-state index in [9.17, 15) is 14.4 Å². The number of nitrogens with two attached hydrogens (primary N) is 1. The third-order valence-corrected chi connectivity index (χ3v) is 7.42. The maximum absolute atomic E-state index is 13.2. The fraction of sp³-hybridized carbons (Fsp3) is 0.552. The second kappa shape index (κ2) is 13.5. The van der Waals surface area contributed by atoms with Gasteiger partial charge in [-0.3, -0.25) is 14.4 Å². The minimum absolute atomic E-state index is 0.133. The van der Waals surface area contributed by atoms with Gasteiger partial charge in [-0.15, -0.1) is 0 Å². The molecule has 0 radical (unpaired) electrons. The van der Waals surface area contributed by atoms with Crippen LogP contribution in [0.3, 0.4) is 0 Å². The third kappa shape index (κ3) is 8.54. The minimum atomic E-state index is -0.932. The van der Waals surface area contributed by atoms with E-state index < -0.39 is 11.9 Å². The number of nitrogens with one attached hydrogen (secondary N) is 3. The topological polar surface area (TPSA) is 117 Å². The molecule has 2 aliphatic rings. The minimum Gasteiger partial charge on any atom is -0.370 e. The van der Waals surface area contributed by atoms with Gasteiger partial charge in [0.25, 0.3) is 0 Å². The van der Waals surface area contributed by atoms with Crippen LogP contribution in [0.5, 0.6) is 0 Å². The first-order valence-corrected chi connectivity index (χ1v) is 13.8. The third-order valence-electron chi connectivity index (χ3n) is 7.42. The lowest BCUT2D eigenvalue weighted by atomic mass is 9.96. The van der Waals surface area contributed by atoms with Gasteiger partial charge in [0.15, 0.2) is 0 Å². The number of rotatable bonds is 14. The SMILES string of the molecule is NC(=O)C[C@H](NC(=O)Cc1cccc2ccccc12)C(=O)N1CCC(CNCCCCNC2CC2)CC1. The molecule has 5 N–H and O–H groups in total. The van der Waals surface area contributed by atoms with Gasteiger partial charge in [-0.25, -0.2) is 0 Å². The van der Waals surface area contributed by atoms with E-state index in [0.717, 1.165) is 54.9 Å². The molecule has 0 bridgehead atoms. The van der Waals surface area contributed by atoms with E-state index in [-0.39, 0.29) is 24.7 Å². The Morgan fingerprint density at radius 3 is 2.43 bits per heavy atom. The monoisotopic (exact) mass is 507 g/mol. The molecule has 0 spiro atoms. The van der Waals surface area contributed by atoms with Gasteiger partial charge >= 0.3 is 0 Å². The Kier molecular flexibility index (Phi) is 9.91.